The third-order valence-corrected chi connectivity index (χ3v) is 5.89. The Morgan fingerprint density at radius 1 is 0.862 bits per heavy atom. The maximum absolute atomic E-state index is 13.2. The molecule has 3 heterocycles. The van der Waals surface area contributed by atoms with Gasteiger partial charge in [-0.25, -0.2) is 14.4 Å². The molecule has 1 unspecified atom stereocenters. The molecular formula is C23H24FN5. The molecule has 0 radical (unpaired) electrons. The molecule has 1 saturated heterocycles. The summed E-state index contributed by atoms with van der Waals surface area (Å²) in [6.45, 7) is 5.75. The maximum atomic E-state index is 13.2. The molecule has 1 atom stereocenters. The highest BCUT2D eigenvalue weighted by atomic mass is 19.1. The second kappa shape index (κ2) is 7.35. The van der Waals surface area contributed by atoms with E-state index in [4.69, 9.17) is 0 Å². The van der Waals surface area contributed by atoms with Crippen LogP contribution in [0.2, 0.25) is 0 Å². The molecular weight excluding hydrogens is 365 g/mol. The normalized spacial score (nSPS) is 18.8. The summed E-state index contributed by atoms with van der Waals surface area (Å²) in [5.74, 6) is 1.72. The molecule has 148 valence electrons. The number of nitrogens with zero attached hydrogens (tertiary/aromatic N) is 5. The quantitative estimate of drug-likeness (QED) is 0.676. The Labute approximate surface area is 170 Å². The van der Waals surface area contributed by atoms with Gasteiger partial charge in [-0.3, -0.25) is 0 Å². The lowest BCUT2D eigenvalue weighted by atomic mass is 10.1. The first-order valence-corrected chi connectivity index (χ1v) is 10.1. The summed E-state index contributed by atoms with van der Waals surface area (Å²) in [5, 5.41) is 0. The van der Waals surface area contributed by atoms with Gasteiger partial charge in [0, 0.05) is 49.7 Å². The van der Waals surface area contributed by atoms with E-state index >= 15 is 0 Å². The van der Waals surface area contributed by atoms with Crippen molar-refractivity contribution in [3.05, 3.63) is 72.3 Å². The summed E-state index contributed by atoms with van der Waals surface area (Å²) in [6.07, 6.45) is 2.70. The van der Waals surface area contributed by atoms with Gasteiger partial charge in [-0.2, -0.15) is 0 Å². The van der Waals surface area contributed by atoms with Crippen molar-refractivity contribution in [3.63, 3.8) is 0 Å². The average molecular weight is 389 g/mol. The molecule has 5 nitrogen and oxygen atoms in total. The van der Waals surface area contributed by atoms with E-state index in [-0.39, 0.29) is 5.82 Å². The number of halogens is 1. The minimum atomic E-state index is -0.196. The van der Waals surface area contributed by atoms with Crippen LogP contribution in [0.3, 0.4) is 0 Å². The van der Waals surface area contributed by atoms with Crippen molar-refractivity contribution in [3.8, 4) is 0 Å². The number of benzene rings is 2. The molecule has 6 heteroatoms. The van der Waals surface area contributed by atoms with Gasteiger partial charge in [0.2, 0.25) is 0 Å². The summed E-state index contributed by atoms with van der Waals surface area (Å²) in [7, 11) is 0. The predicted octanol–water partition coefficient (Wildman–Crippen LogP) is 4.03. The monoisotopic (exact) mass is 389 g/mol. The van der Waals surface area contributed by atoms with Gasteiger partial charge in [0.1, 0.15) is 23.8 Å². The van der Waals surface area contributed by atoms with Crippen LogP contribution >= 0.6 is 0 Å². The molecule has 1 aromatic heterocycles. The maximum Gasteiger partial charge on any atom is 0.138 e. The molecule has 29 heavy (non-hydrogen) atoms. The zero-order chi connectivity index (χ0) is 19.8. The SMILES string of the molecule is CC1Cc2ccccc2N1c1cc(N2CCN(c3ccc(F)cc3)CC2)ncn1. The van der Waals surface area contributed by atoms with Gasteiger partial charge in [-0.15, -0.1) is 0 Å². The van der Waals surface area contributed by atoms with Crippen molar-refractivity contribution in [1.29, 1.82) is 0 Å². The summed E-state index contributed by atoms with van der Waals surface area (Å²) >= 11 is 0. The molecule has 0 aliphatic carbocycles. The zero-order valence-corrected chi connectivity index (χ0v) is 16.5. The minimum Gasteiger partial charge on any atom is -0.368 e. The molecule has 2 aliphatic rings. The second-order valence-corrected chi connectivity index (χ2v) is 7.74. The Kier molecular flexibility index (Phi) is 4.54. The fraction of sp³-hybridized carbons (Fsp3) is 0.304. The van der Waals surface area contributed by atoms with Gasteiger partial charge < -0.3 is 14.7 Å². The van der Waals surface area contributed by atoms with Crippen molar-refractivity contribution >= 4 is 23.0 Å². The Balaban J connectivity index is 1.33. The highest BCUT2D eigenvalue weighted by molar-refractivity contribution is 5.70. The first kappa shape index (κ1) is 17.9. The van der Waals surface area contributed by atoms with Crippen LogP contribution in [0, 0.1) is 5.82 Å². The summed E-state index contributed by atoms with van der Waals surface area (Å²) in [5.41, 5.74) is 3.68. The second-order valence-electron chi connectivity index (χ2n) is 7.74. The van der Waals surface area contributed by atoms with Crippen molar-refractivity contribution in [2.75, 3.05) is 40.9 Å². The lowest BCUT2D eigenvalue weighted by molar-refractivity contribution is 0.624. The summed E-state index contributed by atoms with van der Waals surface area (Å²) < 4.78 is 13.2. The van der Waals surface area contributed by atoms with Crippen LogP contribution in [0.4, 0.5) is 27.4 Å². The fourth-order valence-electron chi connectivity index (χ4n) is 4.40. The summed E-state index contributed by atoms with van der Waals surface area (Å²) in [4.78, 5) is 16.0. The molecule has 0 bridgehead atoms. The number of fused-ring (bicyclic) bond motifs is 1. The molecule has 0 saturated carbocycles. The molecule has 0 N–H and O–H groups in total. The molecule has 2 aromatic carbocycles. The Morgan fingerprint density at radius 3 is 2.34 bits per heavy atom. The lowest BCUT2D eigenvalue weighted by Crippen LogP contribution is -2.46. The number of hydrogen-bond donors (Lipinski definition) is 0. The number of rotatable bonds is 3. The molecule has 0 spiro atoms. The molecule has 5 rings (SSSR count). The van der Waals surface area contributed by atoms with E-state index < -0.39 is 0 Å². The Bertz CT molecular complexity index is 998. The Hall–Kier alpha value is -3.15. The molecule has 2 aliphatic heterocycles. The van der Waals surface area contributed by atoms with Gasteiger partial charge in [-0.05, 0) is 49.2 Å². The van der Waals surface area contributed by atoms with Crippen LogP contribution in [0.15, 0.2) is 60.9 Å². The van der Waals surface area contributed by atoms with Crippen molar-refractivity contribution in [2.24, 2.45) is 0 Å². The van der Waals surface area contributed by atoms with Gasteiger partial charge >= 0.3 is 0 Å². The van der Waals surface area contributed by atoms with Crippen molar-refractivity contribution in [1.82, 2.24) is 9.97 Å². The number of anilines is 4. The minimum absolute atomic E-state index is 0.196. The van der Waals surface area contributed by atoms with E-state index in [9.17, 15) is 4.39 Å². The number of para-hydroxylation sites is 1. The highest BCUT2D eigenvalue weighted by Crippen LogP contribution is 2.37. The Morgan fingerprint density at radius 2 is 1.55 bits per heavy atom. The van der Waals surface area contributed by atoms with Crippen LogP contribution in [0.5, 0.6) is 0 Å². The lowest BCUT2D eigenvalue weighted by Gasteiger charge is -2.37. The molecule has 0 amide bonds. The summed E-state index contributed by atoms with van der Waals surface area (Å²) in [6, 6.07) is 17.8. The van der Waals surface area contributed by atoms with Crippen LogP contribution in [0.25, 0.3) is 0 Å². The predicted molar refractivity (Wildman–Crippen MR) is 115 cm³/mol. The third kappa shape index (κ3) is 3.39. The topological polar surface area (TPSA) is 35.5 Å². The highest BCUT2D eigenvalue weighted by Gasteiger charge is 2.28. The largest absolute Gasteiger partial charge is 0.368 e. The van der Waals surface area contributed by atoms with Gasteiger partial charge in [0.05, 0.1) is 0 Å². The smallest absolute Gasteiger partial charge is 0.138 e. The molecule has 1 fully saturated rings. The van der Waals surface area contributed by atoms with E-state index in [1.165, 1.54) is 23.4 Å². The van der Waals surface area contributed by atoms with E-state index in [0.29, 0.717) is 6.04 Å². The van der Waals surface area contributed by atoms with Gasteiger partial charge in [0.15, 0.2) is 0 Å². The zero-order valence-electron chi connectivity index (χ0n) is 16.5. The number of aromatic nitrogens is 2. The average Bonchev–Trinajstić information content (AvgIpc) is 3.10. The van der Waals surface area contributed by atoms with Crippen molar-refractivity contribution < 1.29 is 4.39 Å². The third-order valence-electron chi connectivity index (χ3n) is 5.89. The van der Waals surface area contributed by atoms with E-state index in [1.54, 1.807) is 6.33 Å². The van der Waals surface area contributed by atoms with Gasteiger partial charge in [0.25, 0.3) is 0 Å². The first-order valence-electron chi connectivity index (χ1n) is 10.1. The first-order chi connectivity index (χ1) is 14.2. The van der Waals surface area contributed by atoms with Crippen LogP contribution in [-0.4, -0.2) is 42.2 Å². The van der Waals surface area contributed by atoms with E-state index in [0.717, 1.165) is 49.9 Å². The molecule has 3 aromatic rings. The van der Waals surface area contributed by atoms with Crippen LogP contribution in [0.1, 0.15) is 12.5 Å². The van der Waals surface area contributed by atoms with E-state index in [2.05, 4.69) is 61.9 Å². The number of hydrogen-bond acceptors (Lipinski definition) is 5. The van der Waals surface area contributed by atoms with Crippen LogP contribution < -0.4 is 14.7 Å². The van der Waals surface area contributed by atoms with Crippen LogP contribution in [-0.2, 0) is 6.42 Å². The van der Waals surface area contributed by atoms with Crippen molar-refractivity contribution in [2.45, 2.75) is 19.4 Å². The standard InChI is InChI=1S/C23H24FN5/c1-17-14-18-4-2-3-5-21(18)29(17)23-15-22(25-16-26-23)28-12-10-27(11-13-28)20-8-6-19(24)7-9-20/h2-9,15-17H,10-14H2,1H3. The number of piperazine rings is 1. The van der Waals surface area contributed by atoms with E-state index in [1.807, 2.05) is 12.1 Å². The fourth-order valence-corrected chi connectivity index (χ4v) is 4.40. The van der Waals surface area contributed by atoms with Gasteiger partial charge in [-0.1, -0.05) is 18.2 Å².